The average Bonchev–Trinajstić information content (AvgIpc) is 2.74. The molecular formula is C15H21ClF3N3. The first kappa shape index (κ1) is 18.6. The number of nitrogens with one attached hydrogen (secondary N) is 3. The third-order valence-corrected chi connectivity index (χ3v) is 4.09. The lowest BCUT2D eigenvalue weighted by Gasteiger charge is -2.31. The van der Waals surface area contributed by atoms with Gasteiger partial charge < -0.3 is 10.6 Å². The van der Waals surface area contributed by atoms with Gasteiger partial charge in [0.05, 0.1) is 11.4 Å². The van der Waals surface area contributed by atoms with E-state index >= 15 is 0 Å². The Labute approximate surface area is 133 Å². The van der Waals surface area contributed by atoms with Crippen LogP contribution in [0.25, 0.3) is 0 Å². The molecule has 0 spiro atoms. The molecule has 0 aliphatic carbocycles. The highest BCUT2D eigenvalue weighted by Crippen LogP contribution is 2.46. The van der Waals surface area contributed by atoms with Crippen molar-refractivity contribution in [3.05, 3.63) is 35.8 Å². The standard InChI is InChI=1S/C15H21ClF3N3/c1-5-9(3)11(7-12(16)20)22-13-10(6-2)21-8-14(13,4)15(17,18)19/h6-7,9,20-22H,2,5,8H2,1,3-4H3/b11-7-,20-12?. The van der Waals surface area contributed by atoms with Crippen molar-refractivity contribution >= 4 is 16.8 Å². The van der Waals surface area contributed by atoms with Crippen molar-refractivity contribution in [3.63, 3.8) is 0 Å². The van der Waals surface area contributed by atoms with Crippen molar-refractivity contribution in [2.75, 3.05) is 6.54 Å². The van der Waals surface area contributed by atoms with Crippen LogP contribution in [0.1, 0.15) is 27.2 Å². The molecular weight excluding hydrogens is 315 g/mol. The van der Waals surface area contributed by atoms with Gasteiger partial charge in [0.25, 0.3) is 0 Å². The minimum absolute atomic E-state index is 0.0134. The fraction of sp³-hybridized carbons (Fsp3) is 0.533. The molecule has 1 aliphatic heterocycles. The maximum absolute atomic E-state index is 13.5. The molecule has 22 heavy (non-hydrogen) atoms. The fourth-order valence-corrected chi connectivity index (χ4v) is 2.29. The Hall–Kier alpha value is -1.43. The molecule has 2 unspecified atom stereocenters. The van der Waals surface area contributed by atoms with E-state index in [1.165, 1.54) is 12.2 Å². The number of hydrogen-bond acceptors (Lipinski definition) is 3. The molecule has 2 atom stereocenters. The summed E-state index contributed by atoms with van der Waals surface area (Å²) < 4.78 is 40.4. The molecule has 124 valence electrons. The third-order valence-electron chi connectivity index (χ3n) is 3.98. The SMILES string of the molecule is C=CC1=C(N/C(=C\C(=N)Cl)C(C)CC)C(C)(C(F)(F)F)CN1. The maximum Gasteiger partial charge on any atom is 0.401 e. The highest BCUT2D eigenvalue weighted by Gasteiger charge is 2.57. The van der Waals surface area contributed by atoms with Gasteiger partial charge in [-0.15, -0.1) is 0 Å². The van der Waals surface area contributed by atoms with E-state index in [1.807, 2.05) is 13.8 Å². The summed E-state index contributed by atoms with van der Waals surface area (Å²) in [5.74, 6) is -0.0595. The summed E-state index contributed by atoms with van der Waals surface area (Å²) in [5, 5.41) is 12.7. The lowest BCUT2D eigenvalue weighted by atomic mass is 9.86. The molecule has 0 fully saturated rings. The van der Waals surface area contributed by atoms with Crippen LogP contribution in [0.3, 0.4) is 0 Å². The first-order valence-corrected chi connectivity index (χ1v) is 7.35. The van der Waals surface area contributed by atoms with Gasteiger partial charge in [-0.1, -0.05) is 32.0 Å². The van der Waals surface area contributed by atoms with Crippen LogP contribution < -0.4 is 10.6 Å². The van der Waals surface area contributed by atoms with Crippen LogP contribution in [0.15, 0.2) is 35.8 Å². The minimum Gasteiger partial charge on any atom is -0.382 e. The maximum atomic E-state index is 13.5. The summed E-state index contributed by atoms with van der Waals surface area (Å²) in [6.45, 7) is 8.21. The molecule has 1 heterocycles. The molecule has 0 radical (unpaired) electrons. The average molecular weight is 336 g/mol. The second-order valence-corrected chi connectivity index (χ2v) is 5.97. The Balaban J connectivity index is 3.29. The summed E-state index contributed by atoms with van der Waals surface area (Å²) in [6, 6.07) is 0. The highest BCUT2D eigenvalue weighted by molar-refractivity contribution is 6.67. The summed E-state index contributed by atoms with van der Waals surface area (Å²) in [6.07, 6.45) is -1.00. The van der Waals surface area contributed by atoms with Crippen molar-refractivity contribution in [1.29, 1.82) is 5.41 Å². The van der Waals surface area contributed by atoms with E-state index < -0.39 is 11.6 Å². The van der Waals surface area contributed by atoms with Gasteiger partial charge in [-0.25, -0.2) is 0 Å². The Morgan fingerprint density at radius 1 is 1.59 bits per heavy atom. The van der Waals surface area contributed by atoms with Crippen molar-refractivity contribution in [3.8, 4) is 0 Å². The molecule has 0 aromatic heterocycles. The predicted molar refractivity (Wildman–Crippen MR) is 83.6 cm³/mol. The number of rotatable bonds is 6. The number of alkyl halides is 3. The van der Waals surface area contributed by atoms with Crippen LogP contribution in [-0.2, 0) is 0 Å². The first-order chi connectivity index (χ1) is 10.1. The summed E-state index contributed by atoms with van der Waals surface area (Å²) in [7, 11) is 0. The zero-order valence-corrected chi connectivity index (χ0v) is 13.6. The molecule has 7 heteroatoms. The lowest BCUT2D eigenvalue weighted by molar-refractivity contribution is -0.200. The molecule has 0 amide bonds. The predicted octanol–water partition coefficient (Wildman–Crippen LogP) is 4.29. The second kappa shape index (κ2) is 6.77. The van der Waals surface area contributed by atoms with E-state index in [1.54, 1.807) is 0 Å². The number of allylic oxidation sites excluding steroid dienone is 3. The van der Waals surface area contributed by atoms with Gasteiger partial charge in [0, 0.05) is 12.2 Å². The van der Waals surface area contributed by atoms with Crippen LogP contribution in [0.5, 0.6) is 0 Å². The van der Waals surface area contributed by atoms with Gasteiger partial charge in [0.1, 0.15) is 10.6 Å². The second-order valence-electron chi connectivity index (χ2n) is 5.56. The van der Waals surface area contributed by atoms with Crippen molar-refractivity contribution in [1.82, 2.24) is 10.6 Å². The molecule has 0 saturated carbocycles. The lowest BCUT2D eigenvalue weighted by Crippen LogP contribution is -2.43. The first-order valence-electron chi connectivity index (χ1n) is 6.97. The van der Waals surface area contributed by atoms with Gasteiger partial charge in [-0.05, 0) is 31.4 Å². The van der Waals surface area contributed by atoms with E-state index in [9.17, 15) is 13.2 Å². The van der Waals surface area contributed by atoms with E-state index in [4.69, 9.17) is 17.0 Å². The Morgan fingerprint density at radius 3 is 2.59 bits per heavy atom. The van der Waals surface area contributed by atoms with Crippen LogP contribution in [-0.4, -0.2) is 17.9 Å². The summed E-state index contributed by atoms with van der Waals surface area (Å²) >= 11 is 5.58. The van der Waals surface area contributed by atoms with E-state index in [0.717, 1.165) is 6.92 Å². The van der Waals surface area contributed by atoms with E-state index in [0.29, 0.717) is 17.8 Å². The number of halogens is 4. The highest BCUT2D eigenvalue weighted by atomic mass is 35.5. The van der Waals surface area contributed by atoms with Gasteiger partial charge >= 0.3 is 6.18 Å². The topological polar surface area (TPSA) is 47.9 Å². The van der Waals surface area contributed by atoms with Crippen molar-refractivity contribution < 1.29 is 13.2 Å². The Kier molecular flexibility index (Phi) is 5.73. The molecule has 0 bridgehead atoms. The van der Waals surface area contributed by atoms with E-state index in [-0.39, 0.29) is 23.3 Å². The van der Waals surface area contributed by atoms with Crippen molar-refractivity contribution in [2.45, 2.75) is 33.4 Å². The molecule has 0 aromatic carbocycles. The van der Waals surface area contributed by atoms with Crippen LogP contribution >= 0.6 is 11.6 Å². The normalized spacial score (nSPS) is 24.0. The quantitative estimate of drug-likeness (QED) is 0.634. The molecule has 0 saturated heterocycles. The summed E-state index contributed by atoms with van der Waals surface area (Å²) in [5.41, 5.74) is -1.23. The van der Waals surface area contributed by atoms with Crippen LogP contribution in [0.2, 0.25) is 0 Å². The molecule has 1 aliphatic rings. The van der Waals surface area contributed by atoms with E-state index in [2.05, 4.69) is 17.2 Å². The summed E-state index contributed by atoms with van der Waals surface area (Å²) in [4.78, 5) is 0. The zero-order valence-electron chi connectivity index (χ0n) is 12.9. The third kappa shape index (κ3) is 3.66. The number of hydrogen-bond donors (Lipinski definition) is 3. The zero-order chi connectivity index (χ0) is 17.1. The van der Waals surface area contributed by atoms with Crippen molar-refractivity contribution in [2.24, 2.45) is 11.3 Å². The van der Waals surface area contributed by atoms with Gasteiger partial charge in [-0.3, -0.25) is 5.41 Å². The molecule has 1 rings (SSSR count). The van der Waals surface area contributed by atoms with Gasteiger partial charge in [-0.2, -0.15) is 13.2 Å². The Bertz CT molecular complexity index is 523. The smallest absolute Gasteiger partial charge is 0.382 e. The van der Waals surface area contributed by atoms with Gasteiger partial charge in [0.2, 0.25) is 0 Å². The fourth-order valence-electron chi connectivity index (χ4n) is 2.17. The Morgan fingerprint density at radius 2 is 2.18 bits per heavy atom. The molecule has 3 nitrogen and oxygen atoms in total. The van der Waals surface area contributed by atoms with Crippen LogP contribution in [0.4, 0.5) is 13.2 Å². The monoisotopic (exact) mass is 335 g/mol. The van der Waals surface area contributed by atoms with Gasteiger partial charge in [0.15, 0.2) is 0 Å². The molecule has 0 aromatic rings. The minimum atomic E-state index is -4.41. The molecule has 3 N–H and O–H groups in total. The largest absolute Gasteiger partial charge is 0.401 e. The van der Waals surface area contributed by atoms with Crippen LogP contribution in [0, 0.1) is 16.7 Å².